The maximum Gasteiger partial charge on any atom is 0.263 e. The smallest absolute Gasteiger partial charge is 0.263 e. The lowest BCUT2D eigenvalue weighted by Crippen LogP contribution is -2.32. The van der Waals surface area contributed by atoms with Gasteiger partial charge in [-0.05, 0) is 30.8 Å². The molecule has 2 saturated heterocycles. The molecule has 1 amide bonds. The van der Waals surface area contributed by atoms with Gasteiger partial charge in [-0.25, -0.2) is 0 Å². The first-order valence-electron chi connectivity index (χ1n) is 5.83. The SMILES string of the molecule is O=C(c1cccs1)N1CC[C@@]2(CCNC2)C1. The Morgan fingerprint density at radius 2 is 2.44 bits per heavy atom. The van der Waals surface area contributed by atoms with E-state index in [9.17, 15) is 4.79 Å². The molecule has 0 saturated carbocycles. The van der Waals surface area contributed by atoms with Gasteiger partial charge < -0.3 is 10.2 Å². The Bertz CT molecular complexity index is 382. The standard InChI is InChI=1S/C12H16N2OS/c15-11(10-2-1-7-16-10)14-6-4-12(9-14)3-5-13-8-12/h1-2,7,13H,3-6,8-9H2/t12-/m1/s1. The number of likely N-dealkylation sites (tertiary alicyclic amines) is 1. The van der Waals surface area contributed by atoms with Crippen LogP contribution in [-0.4, -0.2) is 37.0 Å². The van der Waals surface area contributed by atoms with Crippen molar-refractivity contribution in [3.63, 3.8) is 0 Å². The average molecular weight is 236 g/mol. The molecule has 1 atom stereocenters. The molecule has 0 radical (unpaired) electrons. The normalized spacial score (nSPS) is 29.1. The zero-order chi connectivity index (χ0) is 11.0. The topological polar surface area (TPSA) is 32.3 Å². The molecule has 4 heteroatoms. The minimum atomic E-state index is 0.221. The van der Waals surface area contributed by atoms with Crippen LogP contribution in [0.1, 0.15) is 22.5 Å². The summed E-state index contributed by atoms with van der Waals surface area (Å²) in [6.45, 7) is 4.07. The van der Waals surface area contributed by atoms with E-state index in [1.165, 1.54) is 6.42 Å². The second kappa shape index (κ2) is 3.86. The highest BCUT2D eigenvalue weighted by Gasteiger charge is 2.41. The lowest BCUT2D eigenvalue weighted by molar-refractivity contribution is 0.0780. The summed E-state index contributed by atoms with van der Waals surface area (Å²) in [5.74, 6) is 0.221. The number of hydrogen-bond donors (Lipinski definition) is 1. The molecule has 0 aliphatic carbocycles. The summed E-state index contributed by atoms with van der Waals surface area (Å²) in [4.78, 5) is 15.1. The van der Waals surface area contributed by atoms with Crippen molar-refractivity contribution in [1.29, 1.82) is 0 Å². The molecular weight excluding hydrogens is 220 g/mol. The van der Waals surface area contributed by atoms with Crippen LogP contribution in [0, 0.1) is 5.41 Å². The highest BCUT2D eigenvalue weighted by molar-refractivity contribution is 7.12. The van der Waals surface area contributed by atoms with Crippen molar-refractivity contribution < 1.29 is 4.79 Å². The average Bonchev–Trinajstić information content (AvgIpc) is 3.01. The fourth-order valence-electron chi connectivity index (χ4n) is 2.81. The third kappa shape index (κ3) is 1.66. The molecule has 3 nitrogen and oxygen atoms in total. The zero-order valence-electron chi connectivity index (χ0n) is 9.24. The number of thiophene rings is 1. The van der Waals surface area contributed by atoms with E-state index in [2.05, 4.69) is 5.32 Å². The van der Waals surface area contributed by atoms with Gasteiger partial charge in [-0.3, -0.25) is 4.79 Å². The molecule has 3 heterocycles. The molecule has 0 aromatic carbocycles. The molecule has 1 spiro atoms. The van der Waals surface area contributed by atoms with E-state index >= 15 is 0 Å². The van der Waals surface area contributed by atoms with Gasteiger partial charge in [0, 0.05) is 25.0 Å². The van der Waals surface area contributed by atoms with Gasteiger partial charge >= 0.3 is 0 Å². The minimum Gasteiger partial charge on any atom is -0.337 e. The molecule has 1 N–H and O–H groups in total. The quantitative estimate of drug-likeness (QED) is 0.803. The van der Waals surface area contributed by atoms with Crippen molar-refractivity contribution in [3.8, 4) is 0 Å². The fourth-order valence-corrected chi connectivity index (χ4v) is 3.50. The van der Waals surface area contributed by atoms with Crippen LogP contribution in [0.25, 0.3) is 0 Å². The van der Waals surface area contributed by atoms with Crippen LogP contribution in [-0.2, 0) is 0 Å². The predicted octanol–water partition coefficient (Wildman–Crippen LogP) is 1.57. The maximum atomic E-state index is 12.2. The molecule has 2 fully saturated rings. The molecule has 0 bridgehead atoms. The first kappa shape index (κ1) is 10.3. The molecule has 0 unspecified atom stereocenters. The summed E-state index contributed by atoms with van der Waals surface area (Å²) in [7, 11) is 0. The van der Waals surface area contributed by atoms with Gasteiger partial charge in [0.25, 0.3) is 5.91 Å². The Hall–Kier alpha value is -0.870. The van der Waals surface area contributed by atoms with Gasteiger partial charge in [0.1, 0.15) is 0 Å². The van der Waals surface area contributed by atoms with Crippen molar-refractivity contribution in [2.45, 2.75) is 12.8 Å². The van der Waals surface area contributed by atoms with E-state index in [-0.39, 0.29) is 5.91 Å². The highest BCUT2D eigenvalue weighted by Crippen LogP contribution is 2.36. The summed E-state index contributed by atoms with van der Waals surface area (Å²) in [6, 6.07) is 3.87. The van der Waals surface area contributed by atoms with Gasteiger partial charge in [-0.2, -0.15) is 0 Å². The summed E-state index contributed by atoms with van der Waals surface area (Å²) in [5, 5.41) is 5.38. The molecule has 3 rings (SSSR count). The van der Waals surface area contributed by atoms with Crippen LogP contribution < -0.4 is 5.32 Å². The number of nitrogens with one attached hydrogen (secondary N) is 1. The van der Waals surface area contributed by atoms with Crippen LogP contribution >= 0.6 is 11.3 Å². The van der Waals surface area contributed by atoms with E-state index in [4.69, 9.17) is 0 Å². The molecule has 16 heavy (non-hydrogen) atoms. The lowest BCUT2D eigenvalue weighted by Gasteiger charge is -2.22. The molecule has 1 aromatic rings. The van der Waals surface area contributed by atoms with E-state index in [1.807, 2.05) is 22.4 Å². The van der Waals surface area contributed by atoms with Crippen molar-refractivity contribution >= 4 is 17.2 Å². The van der Waals surface area contributed by atoms with Crippen LogP contribution in [0.15, 0.2) is 17.5 Å². The zero-order valence-corrected chi connectivity index (χ0v) is 10.1. The van der Waals surface area contributed by atoms with Crippen LogP contribution in [0.4, 0.5) is 0 Å². The van der Waals surface area contributed by atoms with E-state index < -0.39 is 0 Å². The molecule has 86 valence electrons. The van der Waals surface area contributed by atoms with Gasteiger partial charge in [-0.1, -0.05) is 6.07 Å². The van der Waals surface area contributed by atoms with Crippen LogP contribution in [0.3, 0.4) is 0 Å². The Morgan fingerprint density at radius 3 is 3.12 bits per heavy atom. The maximum absolute atomic E-state index is 12.2. The number of rotatable bonds is 1. The number of amides is 1. The number of carbonyl (C=O) groups excluding carboxylic acids is 1. The van der Waals surface area contributed by atoms with Gasteiger partial charge in [0.2, 0.25) is 0 Å². The summed E-state index contributed by atoms with van der Waals surface area (Å²) >= 11 is 1.54. The third-order valence-corrected chi connectivity index (χ3v) is 4.65. The van der Waals surface area contributed by atoms with Crippen molar-refractivity contribution in [2.24, 2.45) is 5.41 Å². The number of hydrogen-bond acceptors (Lipinski definition) is 3. The molecule has 1 aromatic heterocycles. The largest absolute Gasteiger partial charge is 0.337 e. The Balaban J connectivity index is 1.72. The summed E-state index contributed by atoms with van der Waals surface area (Å²) in [6.07, 6.45) is 2.39. The van der Waals surface area contributed by atoms with Crippen molar-refractivity contribution in [3.05, 3.63) is 22.4 Å². The molecular formula is C12H16N2OS. The third-order valence-electron chi connectivity index (χ3n) is 3.79. The Labute approximate surface area is 99.5 Å². The molecule has 2 aliphatic heterocycles. The minimum absolute atomic E-state index is 0.221. The highest BCUT2D eigenvalue weighted by atomic mass is 32.1. The fraction of sp³-hybridized carbons (Fsp3) is 0.583. The first-order valence-corrected chi connectivity index (χ1v) is 6.71. The number of nitrogens with zero attached hydrogens (tertiary/aromatic N) is 1. The van der Waals surface area contributed by atoms with Crippen molar-refractivity contribution in [2.75, 3.05) is 26.2 Å². The van der Waals surface area contributed by atoms with Crippen LogP contribution in [0.2, 0.25) is 0 Å². The first-order chi connectivity index (χ1) is 7.79. The summed E-state index contributed by atoms with van der Waals surface area (Å²) in [5.41, 5.74) is 0.382. The van der Waals surface area contributed by atoms with E-state index in [0.717, 1.165) is 37.5 Å². The Morgan fingerprint density at radius 1 is 1.50 bits per heavy atom. The van der Waals surface area contributed by atoms with Crippen LogP contribution in [0.5, 0.6) is 0 Å². The van der Waals surface area contributed by atoms with Crippen molar-refractivity contribution in [1.82, 2.24) is 10.2 Å². The van der Waals surface area contributed by atoms with E-state index in [0.29, 0.717) is 5.41 Å². The second-order valence-corrected chi connectivity index (χ2v) is 5.83. The predicted molar refractivity (Wildman–Crippen MR) is 64.8 cm³/mol. The monoisotopic (exact) mass is 236 g/mol. The Kier molecular flexibility index (Phi) is 2.48. The van der Waals surface area contributed by atoms with Gasteiger partial charge in [0.15, 0.2) is 0 Å². The number of carbonyl (C=O) groups is 1. The lowest BCUT2D eigenvalue weighted by atomic mass is 9.87. The molecule has 2 aliphatic rings. The van der Waals surface area contributed by atoms with Gasteiger partial charge in [0.05, 0.1) is 4.88 Å². The van der Waals surface area contributed by atoms with E-state index in [1.54, 1.807) is 11.3 Å². The second-order valence-electron chi connectivity index (χ2n) is 4.88. The summed E-state index contributed by atoms with van der Waals surface area (Å²) < 4.78 is 0. The van der Waals surface area contributed by atoms with Gasteiger partial charge in [-0.15, -0.1) is 11.3 Å².